The number of anilines is 1. The Hall–Kier alpha value is -2.07. The fourth-order valence-electron chi connectivity index (χ4n) is 3.78. The lowest BCUT2D eigenvalue weighted by atomic mass is 10.0. The minimum Gasteiger partial charge on any atom is -0.492 e. The highest BCUT2D eigenvalue weighted by molar-refractivity contribution is 5.44. The van der Waals surface area contributed by atoms with E-state index in [4.69, 9.17) is 4.74 Å². The summed E-state index contributed by atoms with van der Waals surface area (Å²) >= 11 is 0. The van der Waals surface area contributed by atoms with Crippen LogP contribution in [0.25, 0.3) is 0 Å². The molecule has 0 saturated carbocycles. The van der Waals surface area contributed by atoms with Crippen LogP contribution < -0.4 is 15.0 Å². The van der Waals surface area contributed by atoms with Crippen LogP contribution in [0.4, 0.5) is 5.69 Å². The summed E-state index contributed by atoms with van der Waals surface area (Å²) in [4.78, 5) is 6.56. The van der Waals surface area contributed by atoms with Gasteiger partial charge >= 0.3 is 0 Å². The molecule has 0 aliphatic carbocycles. The average molecular weight is 323 g/mol. The van der Waals surface area contributed by atoms with Gasteiger partial charge in [0.2, 0.25) is 0 Å². The van der Waals surface area contributed by atoms with Crippen LogP contribution in [0.2, 0.25) is 0 Å². The highest BCUT2D eigenvalue weighted by atomic mass is 16.5. The summed E-state index contributed by atoms with van der Waals surface area (Å²) in [7, 11) is 0. The Morgan fingerprint density at radius 2 is 1.75 bits per heavy atom. The van der Waals surface area contributed by atoms with Crippen LogP contribution in [0.1, 0.15) is 24.8 Å². The number of para-hydroxylation sites is 1. The van der Waals surface area contributed by atoms with Gasteiger partial charge in [0.25, 0.3) is 0 Å². The predicted octanol–water partition coefficient (Wildman–Crippen LogP) is 3.03. The van der Waals surface area contributed by atoms with Crippen molar-refractivity contribution in [3.63, 3.8) is 0 Å². The second-order valence-corrected chi connectivity index (χ2v) is 6.79. The number of hydrogen-bond acceptors (Lipinski definition) is 4. The highest BCUT2D eigenvalue weighted by Crippen LogP contribution is 2.24. The van der Waals surface area contributed by atoms with E-state index in [0.717, 1.165) is 38.3 Å². The van der Waals surface area contributed by atoms with Crippen LogP contribution in [-0.2, 0) is 6.42 Å². The van der Waals surface area contributed by atoms with Crippen molar-refractivity contribution < 1.29 is 4.74 Å². The summed E-state index contributed by atoms with van der Waals surface area (Å²) in [5.41, 5.74) is 2.63. The van der Waals surface area contributed by atoms with Gasteiger partial charge < -0.3 is 15.0 Å². The van der Waals surface area contributed by atoms with Gasteiger partial charge in [-0.05, 0) is 49.4 Å². The maximum Gasteiger partial charge on any atom is 0.122 e. The maximum atomic E-state index is 6.01. The van der Waals surface area contributed by atoms with Crippen LogP contribution in [0.5, 0.6) is 5.75 Å². The molecule has 1 aromatic heterocycles. The summed E-state index contributed by atoms with van der Waals surface area (Å²) in [6.45, 7) is 2.99. The second-order valence-electron chi connectivity index (χ2n) is 6.79. The molecule has 1 saturated heterocycles. The standard InChI is InChI=1S/C20H25N3O/c1-2-4-20-16(3-1)5-6-18(15-24-20)22-17-9-13-23(14-10-17)19-7-11-21-12-8-19/h1-4,7-8,11-12,17-18,22H,5-6,9-10,13-15H2. The normalized spacial score (nSPS) is 21.7. The summed E-state index contributed by atoms with van der Waals surface area (Å²) in [6, 6.07) is 13.7. The Bertz CT molecular complexity index is 626. The maximum absolute atomic E-state index is 6.01. The number of nitrogens with zero attached hydrogens (tertiary/aromatic N) is 2. The van der Waals surface area contributed by atoms with Gasteiger partial charge in [0.1, 0.15) is 12.4 Å². The van der Waals surface area contributed by atoms with Crippen molar-refractivity contribution >= 4 is 5.69 Å². The molecule has 4 nitrogen and oxygen atoms in total. The molecule has 126 valence electrons. The van der Waals surface area contributed by atoms with Gasteiger partial charge in [0.15, 0.2) is 0 Å². The number of benzene rings is 1. The molecule has 2 aliphatic rings. The Kier molecular flexibility index (Phi) is 4.65. The number of nitrogens with one attached hydrogen (secondary N) is 1. The molecule has 4 heteroatoms. The monoisotopic (exact) mass is 323 g/mol. The summed E-state index contributed by atoms with van der Waals surface area (Å²) in [5, 5.41) is 3.84. The SMILES string of the molecule is c1ccc2c(c1)CCC(NC1CCN(c3ccncc3)CC1)CO2. The van der Waals surface area contributed by atoms with E-state index in [9.17, 15) is 0 Å². The third kappa shape index (κ3) is 3.54. The first-order chi connectivity index (χ1) is 11.9. The van der Waals surface area contributed by atoms with Crippen molar-refractivity contribution in [1.82, 2.24) is 10.3 Å². The molecular weight excluding hydrogens is 298 g/mol. The number of hydrogen-bond donors (Lipinski definition) is 1. The van der Waals surface area contributed by atoms with Crippen molar-refractivity contribution in [1.29, 1.82) is 0 Å². The van der Waals surface area contributed by atoms with Crippen LogP contribution >= 0.6 is 0 Å². The van der Waals surface area contributed by atoms with E-state index in [1.165, 1.54) is 24.1 Å². The Balaban J connectivity index is 1.29. The molecule has 24 heavy (non-hydrogen) atoms. The lowest BCUT2D eigenvalue weighted by Gasteiger charge is -2.35. The topological polar surface area (TPSA) is 37.4 Å². The van der Waals surface area contributed by atoms with Crippen molar-refractivity contribution in [2.24, 2.45) is 0 Å². The largest absolute Gasteiger partial charge is 0.492 e. The molecular formula is C20H25N3O. The summed E-state index contributed by atoms with van der Waals surface area (Å²) in [5.74, 6) is 1.06. The third-order valence-corrected chi connectivity index (χ3v) is 5.17. The average Bonchev–Trinajstić information content (AvgIpc) is 2.86. The number of rotatable bonds is 3. The molecule has 1 N–H and O–H groups in total. The van der Waals surface area contributed by atoms with Crippen LogP contribution in [0.3, 0.4) is 0 Å². The number of piperidine rings is 1. The molecule has 0 radical (unpaired) electrons. The quantitative estimate of drug-likeness (QED) is 0.942. The van der Waals surface area contributed by atoms with Gasteiger partial charge in [-0.25, -0.2) is 0 Å². The van der Waals surface area contributed by atoms with E-state index in [2.05, 4.69) is 51.6 Å². The number of fused-ring (bicyclic) bond motifs is 1. The van der Waals surface area contributed by atoms with Gasteiger partial charge in [0.05, 0.1) is 0 Å². The number of pyridine rings is 1. The first-order valence-corrected chi connectivity index (χ1v) is 9.00. The van der Waals surface area contributed by atoms with Crippen molar-refractivity contribution in [3.05, 3.63) is 54.4 Å². The zero-order valence-electron chi connectivity index (χ0n) is 14.0. The summed E-state index contributed by atoms with van der Waals surface area (Å²) < 4.78 is 6.01. The fourth-order valence-corrected chi connectivity index (χ4v) is 3.78. The van der Waals surface area contributed by atoms with Gasteiger partial charge in [0, 0.05) is 43.3 Å². The Labute approximate surface area is 143 Å². The molecule has 0 amide bonds. The Morgan fingerprint density at radius 3 is 2.58 bits per heavy atom. The first-order valence-electron chi connectivity index (χ1n) is 9.00. The molecule has 1 atom stereocenters. The molecule has 2 aliphatic heterocycles. The minimum absolute atomic E-state index is 0.454. The molecule has 4 rings (SSSR count). The third-order valence-electron chi connectivity index (χ3n) is 5.17. The molecule has 2 aromatic rings. The first kappa shape index (κ1) is 15.5. The van der Waals surface area contributed by atoms with E-state index in [1.807, 2.05) is 12.4 Å². The van der Waals surface area contributed by atoms with Gasteiger partial charge in [-0.2, -0.15) is 0 Å². The van der Waals surface area contributed by atoms with Crippen molar-refractivity contribution in [2.75, 3.05) is 24.6 Å². The minimum atomic E-state index is 0.454. The lowest BCUT2D eigenvalue weighted by Crippen LogP contribution is -2.47. The zero-order valence-corrected chi connectivity index (χ0v) is 14.0. The molecule has 1 fully saturated rings. The predicted molar refractivity (Wildman–Crippen MR) is 96.7 cm³/mol. The van der Waals surface area contributed by atoms with Gasteiger partial charge in [-0.1, -0.05) is 18.2 Å². The Morgan fingerprint density at radius 1 is 0.958 bits per heavy atom. The van der Waals surface area contributed by atoms with E-state index >= 15 is 0 Å². The zero-order chi connectivity index (χ0) is 16.2. The lowest BCUT2D eigenvalue weighted by molar-refractivity contribution is 0.245. The van der Waals surface area contributed by atoms with Crippen molar-refractivity contribution in [2.45, 2.75) is 37.8 Å². The fraction of sp³-hybridized carbons (Fsp3) is 0.450. The molecule has 0 spiro atoms. The number of aryl methyl sites for hydroxylation is 1. The molecule has 0 bridgehead atoms. The van der Waals surface area contributed by atoms with Gasteiger partial charge in [-0.15, -0.1) is 0 Å². The molecule has 1 aromatic carbocycles. The van der Waals surface area contributed by atoms with Gasteiger partial charge in [-0.3, -0.25) is 4.98 Å². The van der Waals surface area contributed by atoms with Crippen LogP contribution in [-0.4, -0.2) is 36.8 Å². The van der Waals surface area contributed by atoms with E-state index in [0.29, 0.717) is 12.1 Å². The molecule has 1 unspecified atom stereocenters. The molecule has 3 heterocycles. The van der Waals surface area contributed by atoms with E-state index < -0.39 is 0 Å². The number of aromatic nitrogens is 1. The smallest absolute Gasteiger partial charge is 0.122 e. The summed E-state index contributed by atoms with van der Waals surface area (Å²) in [6.07, 6.45) is 8.38. The van der Waals surface area contributed by atoms with Crippen molar-refractivity contribution in [3.8, 4) is 5.75 Å². The second kappa shape index (κ2) is 7.22. The van der Waals surface area contributed by atoms with E-state index in [1.54, 1.807) is 0 Å². The van der Waals surface area contributed by atoms with Crippen LogP contribution in [0, 0.1) is 0 Å². The van der Waals surface area contributed by atoms with E-state index in [-0.39, 0.29) is 0 Å². The van der Waals surface area contributed by atoms with Crippen LogP contribution in [0.15, 0.2) is 48.8 Å². The number of ether oxygens (including phenoxy) is 1. The highest BCUT2D eigenvalue weighted by Gasteiger charge is 2.24.